The molecule has 3 heteroatoms. The summed E-state index contributed by atoms with van der Waals surface area (Å²) in [4.78, 5) is 11.1. The molecule has 0 amide bonds. The van der Waals surface area contributed by atoms with E-state index in [4.69, 9.17) is 5.11 Å². The van der Waals surface area contributed by atoms with E-state index in [1.165, 1.54) is 0 Å². The molecule has 0 radical (unpaired) electrons. The highest BCUT2D eigenvalue weighted by molar-refractivity contribution is 7.98. The normalized spacial score (nSPS) is 12.4. The van der Waals surface area contributed by atoms with Crippen LogP contribution in [0.5, 0.6) is 0 Å². The summed E-state index contributed by atoms with van der Waals surface area (Å²) < 4.78 is 0. The van der Waals surface area contributed by atoms with Gasteiger partial charge in [-0.25, -0.2) is 0 Å². The van der Waals surface area contributed by atoms with Gasteiger partial charge in [0.2, 0.25) is 0 Å². The summed E-state index contributed by atoms with van der Waals surface area (Å²) in [6.07, 6.45) is 2.69. The van der Waals surface area contributed by atoms with Crippen LogP contribution in [0.2, 0.25) is 0 Å². The Kier molecular flexibility index (Phi) is 4.69. The van der Waals surface area contributed by atoms with E-state index in [2.05, 4.69) is 0 Å². The van der Waals surface area contributed by atoms with Crippen LogP contribution in [0.3, 0.4) is 0 Å². The first-order chi connectivity index (χ1) is 7.15. The molecule has 82 valence electrons. The van der Waals surface area contributed by atoms with Gasteiger partial charge in [0.1, 0.15) is 0 Å². The first-order valence-electron chi connectivity index (χ1n) is 4.93. The quantitative estimate of drug-likeness (QED) is 0.835. The average molecular weight is 224 g/mol. The molecule has 0 saturated heterocycles. The summed E-state index contributed by atoms with van der Waals surface area (Å²) in [7, 11) is 0. The molecule has 0 spiro atoms. The fourth-order valence-electron chi connectivity index (χ4n) is 1.47. The molecule has 0 aromatic heterocycles. The van der Waals surface area contributed by atoms with Gasteiger partial charge in [0.05, 0.1) is 5.92 Å². The van der Waals surface area contributed by atoms with Crippen molar-refractivity contribution in [3.8, 4) is 0 Å². The molecule has 1 aromatic rings. The zero-order valence-corrected chi connectivity index (χ0v) is 9.88. The number of rotatable bonds is 5. The lowest BCUT2D eigenvalue weighted by atomic mass is 9.96. The van der Waals surface area contributed by atoms with Crippen LogP contribution in [0.25, 0.3) is 0 Å². The minimum absolute atomic E-state index is 0.363. The zero-order chi connectivity index (χ0) is 11.3. The van der Waals surface area contributed by atoms with Gasteiger partial charge in [0.25, 0.3) is 0 Å². The van der Waals surface area contributed by atoms with Crippen LogP contribution in [-0.2, 0) is 4.79 Å². The summed E-state index contributed by atoms with van der Waals surface area (Å²) >= 11 is 1.68. The Balaban J connectivity index is 2.79. The van der Waals surface area contributed by atoms with Crippen LogP contribution in [0.4, 0.5) is 0 Å². The van der Waals surface area contributed by atoms with Gasteiger partial charge < -0.3 is 5.11 Å². The van der Waals surface area contributed by atoms with E-state index in [9.17, 15) is 4.79 Å². The second-order valence-corrected chi connectivity index (χ2v) is 4.57. The Morgan fingerprint density at radius 3 is 2.47 bits per heavy atom. The molecule has 0 fully saturated rings. The number of carboxylic acids is 1. The predicted molar refractivity (Wildman–Crippen MR) is 64.6 cm³/mol. The van der Waals surface area contributed by atoms with Crippen LogP contribution < -0.4 is 0 Å². The van der Waals surface area contributed by atoms with Crippen molar-refractivity contribution in [3.05, 3.63) is 35.4 Å². The SMILES string of the molecule is CSCCC(C(=O)O)c1ccc(C)cc1. The van der Waals surface area contributed by atoms with Crippen molar-refractivity contribution in [2.75, 3.05) is 12.0 Å². The van der Waals surface area contributed by atoms with Crippen LogP contribution in [0, 0.1) is 6.92 Å². The lowest BCUT2D eigenvalue weighted by Crippen LogP contribution is -2.12. The van der Waals surface area contributed by atoms with E-state index in [1.807, 2.05) is 37.4 Å². The molecule has 15 heavy (non-hydrogen) atoms. The first-order valence-corrected chi connectivity index (χ1v) is 6.33. The van der Waals surface area contributed by atoms with Gasteiger partial charge in [-0.2, -0.15) is 11.8 Å². The van der Waals surface area contributed by atoms with Crippen LogP contribution in [0.1, 0.15) is 23.5 Å². The molecule has 0 aliphatic rings. The van der Waals surface area contributed by atoms with E-state index >= 15 is 0 Å². The minimum atomic E-state index is -0.729. The summed E-state index contributed by atoms with van der Waals surface area (Å²) in [5.41, 5.74) is 2.06. The Labute approximate surface area is 94.7 Å². The van der Waals surface area contributed by atoms with E-state index in [-0.39, 0.29) is 5.92 Å². The van der Waals surface area contributed by atoms with Crippen LogP contribution >= 0.6 is 11.8 Å². The molecule has 0 saturated carbocycles. The van der Waals surface area contributed by atoms with E-state index in [0.29, 0.717) is 6.42 Å². The minimum Gasteiger partial charge on any atom is -0.481 e. The maximum atomic E-state index is 11.1. The molecule has 1 rings (SSSR count). The molecule has 1 N–H and O–H groups in total. The van der Waals surface area contributed by atoms with Crippen LogP contribution in [0.15, 0.2) is 24.3 Å². The fourth-order valence-corrected chi connectivity index (χ4v) is 1.94. The topological polar surface area (TPSA) is 37.3 Å². The number of aliphatic carboxylic acids is 1. The maximum absolute atomic E-state index is 11.1. The molecular weight excluding hydrogens is 208 g/mol. The molecule has 0 heterocycles. The number of hydrogen-bond acceptors (Lipinski definition) is 2. The molecule has 0 bridgehead atoms. The lowest BCUT2D eigenvalue weighted by molar-refractivity contribution is -0.138. The highest BCUT2D eigenvalue weighted by atomic mass is 32.2. The van der Waals surface area contributed by atoms with Crippen LogP contribution in [-0.4, -0.2) is 23.1 Å². The van der Waals surface area contributed by atoms with Gasteiger partial charge in [0, 0.05) is 0 Å². The number of benzene rings is 1. The number of hydrogen-bond donors (Lipinski definition) is 1. The molecule has 0 aliphatic carbocycles. The van der Waals surface area contributed by atoms with Crippen molar-refractivity contribution in [1.29, 1.82) is 0 Å². The summed E-state index contributed by atoms with van der Waals surface area (Å²) in [5.74, 6) is -0.212. The Morgan fingerprint density at radius 2 is 2.00 bits per heavy atom. The molecule has 0 aliphatic heterocycles. The van der Waals surface area contributed by atoms with E-state index in [1.54, 1.807) is 11.8 Å². The van der Waals surface area contributed by atoms with Gasteiger partial charge in [-0.1, -0.05) is 29.8 Å². The van der Waals surface area contributed by atoms with Gasteiger partial charge in [-0.05, 0) is 30.9 Å². The van der Waals surface area contributed by atoms with Crippen molar-refractivity contribution < 1.29 is 9.90 Å². The Morgan fingerprint density at radius 1 is 1.40 bits per heavy atom. The third-order valence-corrected chi connectivity index (χ3v) is 3.03. The monoisotopic (exact) mass is 224 g/mol. The molecular formula is C12H16O2S. The average Bonchev–Trinajstić information content (AvgIpc) is 2.21. The molecule has 1 aromatic carbocycles. The molecule has 2 nitrogen and oxygen atoms in total. The largest absolute Gasteiger partial charge is 0.481 e. The van der Waals surface area contributed by atoms with Gasteiger partial charge in [-0.15, -0.1) is 0 Å². The Hall–Kier alpha value is -0.960. The second-order valence-electron chi connectivity index (χ2n) is 3.58. The van der Waals surface area contributed by atoms with Crippen molar-refractivity contribution in [2.45, 2.75) is 19.3 Å². The predicted octanol–water partition coefficient (Wildman–Crippen LogP) is 2.92. The highest BCUT2D eigenvalue weighted by Crippen LogP contribution is 2.22. The Bertz CT molecular complexity index is 319. The fraction of sp³-hybridized carbons (Fsp3) is 0.417. The van der Waals surface area contributed by atoms with Gasteiger partial charge in [-0.3, -0.25) is 4.79 Å². The van der Waals surface area contributed by atoms with E-state index < -0.39 is 5.97 Å². The lowest BCUT2D eigenvalue weighted by Gasteiger charge is -2.12. The number of aryl methyl sites for hydroxylation is 1. The second kappa shape index (κ2) is 5.81. The standard InChI is InChI=1S/C12H16O2S/c1-9-3-5-10(6-4-9)11(12(13)14)7-8-15-2/h3-6,11H,7-8H2,1-2H3,(H,13,14). The van der Waals surface area contributed by atoms with E-state index in [0.717, 1.165) is 16.9 Å². The molecule has 1 unspecified atom stereocenters. The number of thioether (sulfide) groups is 1. The zero-order valence-electron chi connectivity index (χ0n) is 9.06. The third-order valence-electron chi connectivity index (χ3n) is 2.39. The van der Waals surface area contributed by atoms with Crippen molar-refractivity contribution >= 4 is 17.7 Å². The van der Waals surface area contributed by atoms with Crippen molar-refractivity contribution in [2.24, 2.45) is 0 Å². The summed E-state index contributed by atoms with van der Waals surface area (Å²) in [6, 6.07) is 7.75. The maximum Gasteiger partial charge on any atom is 0.311 e. The summed E-state index contributed by atoms with van der Waals surface area (Å²) in [5, 5.41) is 9.11. The highest BCUT2D eigenvalue weighted by Gasteiger charge is 2.18. The van der Waals surface area contributed by atoms with Crippen molar-refractivity contribution in [1.82, 2.24) is 0 Å². The molecule has 1 atom stereocenters. The van der Waals surface area contributed by atoms with Gasteiger partial charge >= 0.3 is 5.97 Å². The third kappa shape index (κ3) is 3.59. The summed E-state index contributed by atoms with van der Waals surface area (Å²) in [6.45, 7) is 2.00. The first kappa shape index (κ1) is 12.1. The van der Waals surface area contributed by atoms with Gasteiger partial charge in [0.15, 0.2) is 0 Å². The smallest absolute Gasteiger partial charge is 0.311 e. The van der Waals surface area contributed by atoms with Crippen molar-refractivity contribution in [3.63, 3.8) is 0 Å². The number of carboxylic acid groups (broad SMARTS) is 1. The number of carbonyl (C=O) groups is 1.